The number of nitrogens with zero attached hydrogens (tertiary/aromatic N) is 4. The van der Waals surface area contributed by atoms with Gasteiger partial charge in [-0.3, -0.25) is 4.79 Å². The van der Waals surface area contributed by atoms with Crippen LogP contribution in [-0.2, 0) is 20.8 Å². The van der Waals surface area contributed by atoms with E-state index in [4.69, 9.17) is 34.2 Å². The topological polar surface area (TPSA) is 268 Å². The number of ether oxygens (including phenoxy) is 4. The van der Waals surface area contributed by atoms with Crippen LogP contribution in [0.2, 0.25) is 0 Å². The van der Waals surface area contributed by atoms with Crippen LogP contribution in [0, 0.1) is 0 Å². The van der Waals surface area contributed by atoms with Crippen LogP contribution in [0.1, 0.15) is 28.8 Å². The predicted molar refractivity (Wildman–Crippen MR) is 172 cm³/mol. The molecule has 4 amide bonds. The van der Waals surface area contributed by atoms with Crippen molar-refractivity contribution in [2.45, 2.75) is 43.6 Å². The number of nitrogens with two attached hydrogens (primary N) is 1. The summed E-state index contributed by atoms with van der Waals surface area (Å²) in [6.07, 6.45) is -0.334. The number of hydrogen-bond donors (Lipinski definition) is 7. The number of carbonyl (C=O) groups is 3. The minimum absolute atomic E-state index is 0.204. The van der Waals surface area contributed by atoms with Crippen LogP contribution in [0.15, 0.2) is 65.8 Å². The third-order valence-corrected chi connectivity index (χ3v) is 7.45. The largest absolute Gasteiger partial charge is 0.496 e. The van der Waals surface area contributed by atoms with Crippen molar-refractivity contribution < 1.29 is 53.1 Å². The summed E-state index contributed by atoms with van der Waals surface area (Å²) in [5.74, 6) is 0.0700. The van der Waals surface area contributed by atoms with Gasteiger partial charge in [0.25, 0.3) is 5.91 Å². The number of benzene rings is 2. The predicted octanol–water partition coefficient (Wildman–Crippen LogP) is 0.998. The van der Waals surface area contributed by atoms with Gasteiger partial charge in [0.05, 0.1) is 38.7 Å². The number of anilines is 2. The number of aromatic nitrogens is 4. The molecule has 0 unspecified atom stereocenters. The van der Waals surface area contributed by atoms with Gasteiger partial charge in [-0.05, 0) is 29.8 Å². The monoisotopic (exact) mass is 696 g/mol. The van der Waals surface area contributed by atoms with Crippen molar-refractivity contribution >= 4 is 29.4 Å². The Morgan fingerprint density at radius 1 is 1.10 bits per heavy atom. The number of carbonyl (C=O) groups excluding carboxylic acids is 3. The summed E-state index contributed by atoms with van der Waals surface area (Å²) < 4.78 is 27.4. The summed E-state index contributed by atoms with van der Waals surface area (Å²) >= 11 is 0. The fourth-order valence-electron chi connectivity index (χ4n) is 4.96. The van der Waals surface area contributed by atoms with Crippen LogP contribution in [0.4, 0.5) is 21.0 Å². The zero-order chi connectivity index (χ0) is 35.6. The van der Waals surface area contributed by atoms with E-state index >= 15 is 0 Å². The number of aliphatic hydroxyl groups is 3. The number of urea groups is 1. The van der Waals surface area contributed by atoms with E-state index in [1.54, 1.807) is 42.6 Å². The molecular weight excluding hydrogens is 660 g/mol. The van der Waals surface area contributed by atoms with E-state index < -0.39 is 49.2 Å². The maximum absolute atomic E-state index is 12.5. The maximum Gasteiger partial charge on any atom is 0.407 e. The molecule has 0 radical (unpaired) electrons. The number of aliphatic hydroxyl groups excluding tert-OH is 3. The highest BCUT2D eigenvalue weighted by molar-refractivity contribution is 6.00. The van der Waals surface area contributed by atoms with E-state index in [2.05, 4.69) is 31.0 Å². The van der Waals surface area contributed by atoms with E-state index in [1.807, 2.05) is 6.07 Å². The Hall–Kier alpha value is -5.60. The second-order valence-electron chi connectivity index (χ2n) is 10.9. The van der Waals surface area contributed by atoms with E-state index in [0.29, 0.717) is 42.5 Å². The van der Waals surface area contributed by atoms with Crippen molar-refractivity contribution in [1.29, 1.82) is 0 Å². The lowest BCUT2D eigenvalue weighted by Crippen LogP contribution is -2.33. The highest BCUT2D eigenvalue weighted by atomic mass is 16.6. The quantitative estimate of drug-likeness (QED) is 0.122. The first-order chi connectivity index (χ1) is 24.1. The van der Waals surface area contributed by atoms with Crippen LogP contribution < -0.4 is 26.4 Å². The molecule has 19 nitrogen and oxygen atoms in total. The van der Waals surface area contributed by atoms with Crippen LogP contribution in [0.25, 0.3) is 11.3 Å². The lowest BCUT2D eigenvalue weighted by molar-refractivity contribution is -0.0588. The first-order valence-electron chi connectivity index (χ1n) is 15.2. The second-order valence-corrected chi connectivity index (χ2v) is 10.9. The Morgan fingerprint density at radius 3 is 2.54 bits per heavy atom. The fourth-order valence-corrected chi connectivity index (χ4v) is 4.96. The van der Waals surface area contributed by atoms with Gasteiger partial charge in [-0.25, -0.2) is 24.2 Å². The Morgan fingerprint density at radius 2 is 1.90 bits per heavy atom. The molecule has 2 aromatic heterocycles. The molecule has 2 saturated heterocycles. The summed E-state index contributed by atoms with van der Waals surface area (Å²) in [5, 5.41) is 40.0. The molecule has 6 rings (SSSR count). The van der Waals surface area contributed by atoms with Crippen LogP contribution in [-0.4, -0.2) is 104 Å². The molecule has 50 heavy (non-hydrogen) atoms. The van der Waals surface area contributed by atoms with E-state index in [-0.39, 0.29) is 18.5 Å². The van der Waals surface area contributed by atoms with Gasteiger partial charge < -0.3 is 60.4 Å². The summed E-state index contributed by atoms with van der Waals surface area (Å²) in [7, 11) is 1.54. The second kappa shape index (κ2) is 16.7. The molecule has 0 aliphatic carbocycles. The van der Waals surface area contributed by atoms with Crippen molar-refractivity contribution in [2.24, 2.45) is 5.73 Å². The van der Waals surface area contributed by atoms with Crippen LogP contribution >= 0.6 is 0 Å². The van der Waals surface area contributed by atoms with Crippen molar-refractivity contribution in [3.63, 3.8) is 0 Å². The van der Waals surface area contributed by atoms with E-state index in [9.17, 15) is 24.6 Å². The molecule has 2 aromatic carbocycles. The summed E-state index contributed by atoms with van der Waals surface area (Å²) in [6.45, 7) is 0.860. The molecule has 0 spiro atoms. The third kappa shape index (κ3) is 9.09. The van der Waals surface area contributed by atoms with Crippen molar-refractivity contribution in [3.05, 3.63) is 72.8 Å². The fraction of sp³-hybridized carbons (Fsp3) is 0.355. The zero-order valence-electron chi connectivity index (χ0n) is 26.7. The van der Waals surface area contributed by atoms with E-state index in [1.165, 1.54) is 13.5 Å². The highest BCUT2D eigenvalue weighted by Crippen LogP contribution is 2.32. The first kappa shape index (κ1) is 35.7. The molecule has 5 atom stereocenters. The summed E-state index contributed by atoms with van der Waals surface area (Å²) in [4.78, 5) is 42.7. The van der Waals surface area contributed by atoms with Gasteiger partial charge in [0.2, 0.25) is 5.82 Å². The molecule has 0 bridgehead atoms. The number of nitrogens with one attached hydrogen (secondary N) is 3. The SMILES string of the molecule is COc1cc(NC(=O)Nc2cccc(CNC(=O)O[C@H]3CCOC3)c2)ccc1-c1cnco1.NC(=O)c1ncn([C@@H]2O[C@H](CO)[C@@H](O)[C@H]2O)n1. The van der Waals surface area contributed by atoms with Crippen molar-refractivity contribution in [3.8, 4) is 17.1 Å². The Balaban J connectivity index is 0.000000240. The van der Waals surface area contributed by atoms with Gasteiger partial charge in [-0.2, -0.15) is 0 Å². The van der Waals surface area contributed by atoms with Crippen molar-refractivity contribution in [1.82, 2.24) is 25.1 Å². The summed E-state index contributed by atoms with van der Waals surface area (Å²) in [6, 6.07) is 11.9. The van der Waals surface area contributed by atoms with E-state index in [0.717, 1.165) is 22.1 Å². The van der Waals surface area contributed by atoms with Gasteiger partial charge in [-0.1, -0.05) is 12.1 Å². The molecule has 4 aromatic rings. The number of hydrogen-bond acceptors (Lipinski definition) is 14. The number of oxazole rings is 1. The number of rotatable bonds is 10. The molecular formula is C31H36N8O11. The Kier molecular flexibility index (Phi) is 11.9. The first-order valence-corrected chi connectivity index (χ1v) is 15.2. The van der Waals surface area contributed by atoms with Crippen LogP contribution in [0.5, 0.6) is 5.75 Å². The standard InChI is InChI=1S/C23H24N4O6.C8H12N4O5/c1-30-20-10-17(5-6-19(20)21-12-24-14-32-21)27-22(28)26-16-4-2-3-15(9-16)11-25-23(29)33-18-7-8-31-13-18;9-6(16)7-10-2-12(11-7)8-5(15)4(14)3(1-13)17-8/h2-6,9-10,12,14,18H,7-8,11,13H2,1H3,(H,25,29)(H2,26,27,28);2-5,8,13-15H,1H2,(H2,9,16)/t18-;3-,4-,5-,8-/m01/s1. The minimum atomic E-state index is -1.27. The lowest BCUT2D eigenvalue weighted by Gasteiger charge is -2.13. The molecule has 4 heterocycles. The van der Waals surface area contributed by atoms with Gasteiger partial charge in [-0.15, -0.1) is 5.10 Å². The average molecular weight is 697 g/mol. The number of alkyl carbamates (subject to hydrolysis) is 1. The minimum Gasteiger partial charge on any atom is -0.496 e. The number of primary amides is 1. The Bertz CT molecular complexity index is 1750. The average Bonchev–Trinajstić information content (AvgIpc) is 3.94. The molecule has 2 fully saturated rings. The normalized spacial score (nSPS) is 21.1. The van der Waals surface area contributed by atoms with Gasteiger partial charge in [0, 0.05) is 30.4 Å². The molecule has 0 saturated carbocycles. The molecule has 266 valence electrons. The van der Waals surface area contributed by atoms with Gasteiger partial charge in [0.15, 0.2) is 18.4 Å². The molecule has 2 aliphatic rings. The lowest BCUT2D eigenvalue weighted by atomic mass is 10.1. The molecule has 2 aliphatic heterocycles. The maximum atomic E-state index is 12.5. The molecule has 19 heteroatoms. The smallest absolute Gasteiger partial charge is 0.407 e. The highest BCUT2D eigenvalue weighted by Gasteiger charge is 2.44. The van der Waals surface area contributed by atoms with Gasteiger partial charge >= 0.3 is 12.1 Å². The molecule has 8 N–H and O–H groups in total. The Labute approximate surface area is 284 Å². The van der Waals surface area contributed by atoms with Crippen molar-refractivity contribution in [2.75, 3.05) is 37.6 Å². The van der Waals surface area contributed by atoms with Gasteiger partial charge in [0.1, 0.15) is 36.5 Å². The van der Waals surface area contributed by atoms with Crippen LogP contribution in [0.3, 0.4) is 0 Å². The number of methoxy groups -OCH3 is 1. The zero-order valence-corrected chi connectivity index (χ0v) is 26.7. The summed E-state index contributed by atoms with van der Waals surface area (Å²) in [5.41, 5.74) is 7.63. The number of amides is 4. The third-order valence-electron chi connectivity index (χ3n) is 7.45.